The number of amides is 1. The molecule has 0 fully saturated rings. The van der Waals surface area contributed by atoms with Crippen molar-refractivity contribution < 1.29 is 18.0 Å². The monoisotopic (exact) mass is 453 g/mol. The topological polar surface area (TPSA) is 66.8 Å². The molecule has 0 atom stereocenters. The van der Waals surface area contributed by atoms with Gasteiger partial charge in [0.15, 0.2) is 0 Å². The van der Waals surface area contributed by atoms with Crippen LogP contribution in [-0.4, -0.2) is 44.4 Å². The summed E-state index contributed by atoms with van der Waals surface area (Å²) in [6.07, 6.45) is -3.28. The molecule has 3 aromatic rings. The van der Waals surface area contributed by atoms with Crippen molar-refractivity contribution in [3.05, 3.63) is 58.6 Å². The Morgan fingerprint density at radius 3 is 2.35 bits per heavy atom. The van der Waals surface area contributed by atoms with E-state index in [1.54, 1.807) is 31.3 Å². The molecular formula is C21H23ClF3N5O. The van der Waals surface area contributed by atoms with E-state index in [1.807, 2.05) is 20.8 Å². The van der Waals surface area contributed by atoms with E-state index in [0.717, 1.165) is 10.6 Å². The Bertz CT molecular complexity index is 1050. The normalized spacial score (nSPS) is 12.3. The smallest absolute Gasteiger partial charge is 0.340 e. The van der Waals surface area contributed by atoms with E-state index in [4.69, 9.17) is 11.6 Å². The van der Waals surface area contributed by atoms with Crippen LogP contribution in [0, 0.1) is 5.41 Å². The van der Waals surface area contributed by atoms with E-state index in [0.29, 0.717) is 17.1 Å². The Kier molecular flexibility index (Phi) is 6.18. The lowest BCUT2D eigenvalue weighted by Gasteiger charge is -2.27. The van der Waals surface area contributed by atoms with Crippen molar-refractivity contribution in [3.63, 3.8) is 0 Å². The first kappa shape index (κ1) is 22.9. The summed E-state index contributed by atoms with van der Waals surface area (Å²) in [4.78, 5) is 14.9. The van der Waals surface area contributed by atoms with Gasteiger partial charge in [-0.2, -0.15) is 13.2 Å². The van der Waals surface area contributed by atoms with Crippen molar-refractivity contribution in [2.75, 3.05) is 13.6 Å². The number of hydrogen-bond acceptors (Lipinski definition) is 3. The molecule has 0 aliphatic carbocycles. The lowest BCUT2D eigenvalue weighted by Crippen LogP contribution is -2.36. The van der Waals surface area contributed by atoms with Gasteiger partial charge in [0.2, 0.25) is 0 Å². The number of nitrogens with zero attached hydrogens (tertiary/aromatic N) is 4. The van der Waals surface area contributed by atoms with Gasteiger partial charge in [0, 0.05) is 30.4 Å². The number of nitrogens with one attached hydrogen (secondary N) is 1. The number of carbonyl (C=O) groups excluding carboxylic acids is 1. The highest BCUT2D eigenvalue weighted by Crippen LogP contribution is 2.38. The Hall–Kier alpha value is -2.81. The first-order valence-corrected chi connectivity index (χ1v) is 9.92. The van der Waals surface area contributed by atoms with Crippen LogP contribution in [0.1, 0.15) is 42.6 Å². The number of rotatable bonds is 5. The average molecular weight is 454 g/mol. The molecule has 0 aliphatic heterocycles. The third kappa shape index (κ3) is 5.28. The van der Waals surface area contributed by atoms with Crippen LogP contribution >= 0.6 is 11.6 Å². The number of alkyl halides is 3. The van der Waals surface area contributed by atoms with Gasteiger partial charge in [-0.25, -0.2) is 0 Å². The summed E-state index contributed by atoms with van der Waals surface area (Å²) < 4.78 is 42.9. The van der Waals surface area contributed by atoms with Gasteiger partial charge in [-0.1, -0.05) is 49.7 Å². The molecule has 6 nitrogen and oxygen atoms in total. The first-order chi connectivity index (χ1) is 14.4. The van der Waals surface area contributed by atoms with Crippen LogP contribution in [0.25, 0.3) is 11.1 Å². The fourth-order valence-electron chi connectivity index (χ4n) is 3.46. The van der Waals surface area contributed by atoms with Crippen molar-refractivity contribution in [3.8, 4) is 11.1 Å². The molecule has 0 bridgehead atoms. The van der Waals surface area contributed by atoms with E-state index < -0.39 is 17.8 Å². The number of halogens is 4. The van der Waals surface area contributed by atoms with Gasteiger partial charge >= 0.3 is 6.18 Å². The van der Waals surface area contributed by atoms with E-state index >= 15 is 0 Å². The predicted molar refractivity (Wildman–Crippen MR) is 112 cm³/mol. The molecule has 0 spiro atoms. The molecule has 3 rings (SSSR count). The van der Waals surface area contributed by atoms with Gasteiger partial charge in [0.1, 0.15) is 17.1 Å². The Balaban J connectivity index is 2.23. The Morgan fingerprint density at radius 1 is 1.19 bits per heavy atom. The summed E-state index contributed by atoms with van der Waals surface area (Å²) in [6.45, 7) is 5.96. The maximum Gasteiger partial charge on any atom is 0.431 e. The molecule has 0 saturated carbocycles. The standard InChI is InChI=1S/C21H23ClF3N5O/c1-20(2,3)12-29(4)19(31)18-16(13-5-7-14(22)8-6-13)9-17(21(23,24)25)30(18)11-15-10-26-28-27-15/h5-10H,11-12H2,1-4H3,(H,26,27,28). The van der Waals surface area contributed by atoms with Crippen LogP contribution in [0.5, 0.6) is 0 Å². The largest absolute Gasteiger partial charge is 0.431 e. The summed E-state index contributed by atoms with van der Waals surface area (Å²) in [5, 5.41) is 10.3. The Labute approximate surface area is 183 Å². The maximum absolute atomic E-state index is 14.0. The number of aromatic nitrogens is 4. The molecule has 10 heteroatoms. The second-order valence-corrected chi connectivity index (χ2v) is 9.01. The van der Waals surface area contributed by atoms with Crippen molar-refractivity contribution in [1.29, 1.82) is 0 Å². The lowest BCUT2D eigenvalue weighted by molar-refractivity contribution is -0.143. The van der Waals surface area contributed by atoms with Gasteiger partial charge < -0.3 is 9.47 Å². The van der Waals surface area contributed by atoms with Gasteiger partial charge in [-0.15, -0.1) is 5.10 Å². The van der Waals surface area contributed by atoms with Crippen LogP contribution in [-0.2, 0) is 12.7 Å². The molecule has 0 unspecified atom stereocenters. The van der Waals surface area contributed by atoms with E-state index in [1.165, 1.54) is 11.1 Å². The van der Waals surface area contributed by atoms with Crippen molar-refractivity contribution >= 4 is 17.5 Å². The highest BCUT2D eigenvalue weighted by molar-refractivity contribution is 6.30. The van der Waals surface area contributed by atoms with Crippen molar-refractivity contribution in [1.82, 2.24) is 24.9 Å². The zero-order valence-electron chi connectivity index (χ0n) is 17.6. The van der Waals surface area contributed by atoms with Crippen LogP contribution in [0.3, 0.4) is 0 Å². The van der Waals surface area contributed by atoms with E-state index in [-0.39, 0.29) is 28.9 Å². The van der Waals surface area contributed by atoms with Gasteiger partial charge in [0.25, 0.3) is 5.91 Å². The predicted octanol–water partition coefficient (Wildman–Crippen LogP) is 5.11. The molecule has 1 amide bonds. The SMILES string of the molecule is CN(CC(C)(C)C)C(=O)c1c(-c2ccc(Cl)cc2)cc(C(F)(F)F)n1Cc1c[nH]nn1. The van der Waals surface area contributed by atoms with Gasteiger partial charge in [0.05, 0.1) is 6.54 Å². The molecule has 1 aromatic carbocycles. The maximum atomic E-state index is 14.0. The van der Waals surface area contributed by atoms with Crippen LogP contribution < -0.4 is 0 Å². The molecule has 2 aromatic heterocycles. The zero-order chi connectivity index (χ0) is 23.0. The van der Waals surface area contributed by atoms with E-state index in [9.17, 15) is 18.0 Å². The van der Waals surface area contributed by atoms with E-state index in [2.05, 4.69) is 15.4 Å². The van der Waals surface area contributed by atoms with Crippen LogP contribution in [0.15, 0.2) is 36.5 Å². The second-order valence-electron chi connectivity index (χ2n) is 8.57. The lowest BCUT2D eigenvalue weighted by atomic mass is 9.96. The molecule has 166 valence electrons. The zero-order valence-corrected chi connectivity index (χ0v) is 18.3. The molecule has 31 heavy (non-hydrogen) atoms. The first-order valence-electron chi connectivity index (χ1n) is 9.54. The molecular weight excluding hydrogens is 431 g/mol. The summed E-state index contributed by atoms with van der Waals surface area (Å²) in [5.74, 6) is -0.515. The summed E-state index contributed by atoms with van der Waals surface area (Å²) in [7, 11) is 1.58. The number of H-pyrrole nitrogens is 1. The molecule has 0 aliphatic rings. The average Bonchev–Trinajstić information content (AvgIpc) is 3.28. The number of hydrogen-bond donors (Lipinski definition) is 1. The molecule has 1 N–H and O–H groups in total. The molecule has 0 radical (unpaired) electrons. The minimum atomic E-state index is -4.67. The third-order valence-electron chi connectivity index (χ3n) is 4.59. The summed E-state index contributed by atoms with van der Waals surface area (Å²) in [6, 6.07) is 7.34. The number of aromatic amines is 1. The number of benzene rings is 1. The summed E-state index contributed by atoms with van der Waals surface area (Å²) in [5.41, 5.74) is -0.325. The number of carbonyl (C=O) groups is 1. The van der Waals surface area contributed by atoms with Crippen molar-refractivity contribution in [2.24, 2.45) is 5.41 Å². The minimum Gasteiger partial charge on any atom is -0.340 e. The summed E-state index contributed by atoms with van der Waals surface area (Å²) >= 11 is 5.95. The van der Waals surface area contributed by atoms with Gasteiger partial charge in [-0.3, -0.25) is 9.89 Å². The highest BCUT2D eigenvalue weighted by atomic mass is 35.5. The highest BCUT2D eigenvalue weighted by Gasteiger charge is 2.39. The van der Waals surface area contributed by atoms with Crippen LogP contribution in [0.2, 0.25) is 5.02 Å². The van der Waals surface area contributed by atoms with Crippen LogP contribution in [0.4, 0.5) is 13.2 Å². The Morgan fingerprint density at radius 2 is 1.84 bits per heavy atom. The fourth-order valence-corrected chi connectivity index (χ4v) is 3.58. The molecule has 2 heterocycles. The second kappa shape index (κ2) is 8.37. The minimum absolute atomic E-state index is 0.0654. The van der Waals surface area contributed by atoms with Crippen molar-refractivity contribution in [2.45, 2.75) is 33.5 Å². The molecule has 0 saturated heterocycles. The third-order valence-corrected chi connectivity index (χ3v) is 4.84. The fraction of sp³-hybridized carbons (Fsp3) is 0.381. The van der Waals surface area contributed by atoms with Gasteiger partial charge in [-0.05, 0) is 29.2 Å². The quantitative estimate of drug-likeness (QED) is 0.583.